The predicted molar refractivity (Wildman–Crippen MR) is 78.1 cm³/mol. The van der Waals surface area contributed by atoms with E-state index in [-0.39, 0.29) is 11.1 Å². The van der Waals surface area contributed by atoms with E-state index in [9.17, 15) is 23.3 Å². The van der Waals surface area contributed by atoms with Crippen molar-refractivity contribution < 1.29 is 18.1 Å². The summed E-state index contributed by atoms with van der Waals surface area (Å²) in [7, 11) is 1.06. The van der Waals surface area contributed by atoms with Gasteiger partial charge in [0, 0.05) is 35.4 Å². The van der Waals surface area contributed by atoms with Gasteiger partial charge in [0.1, 0.15) is 0 Å². The van der Waals surface area contributed by atoms with E-state index in [1.165, 1.54) is 11.8 Å². The Labute approximate surface area is 127 Å². The van der Waals surface area contributed by atoms with Crippen LogP contribution in [0.2, 0.25) is 0 Å². The number of halogens is 1. The average Bonchev–Trinajstić information content (AvgIpc) is 2.38. The molecule has 0 spiro atoms. The number of rotatable bonds is 5. The lowest BCUT2D eigenvalue weighted by atomic mass is 10.1. The van der Waals surface area contributed by atoms with Crippen molar-refractivity contribution in [3.05, 3.63) is 33.4 Å². The van der Waals surface area contributed by atoms with Gasteiger partial charge in [0.25, 0.3) is 20.6 Å². The zero-order valence-corrected chi connectivity index (χ0v) is 13.4. The Morgan fingerprint density at radius 3 is 2.24 bits per heavy atom. The van der Waals surface area contributed by atoms with E-state index in [4.69, 9.17) is 10.7 Å². The molecule has 0 N–H and O–H groups in total. The summed E-state index contributed by atoms with van der Waals surface area (Å²) in [5, 5.41) is 11.0. The quantitative estimate of drug-likeness (QED) is 0.467. The van der Waals surface area contributed by atoms with Gasteiger partial charge < -0.3 is 4.90 Å². The third-order valence-electron chi connectivity index (χ3n) is 3.11. The Bertz CT molecular complexity index is 683. The Morgan fingerprint density at radius 2 is 1.86 bits per heavy atom. The Kier molecular flexibility index (Phi) is 5.30. The van der Waals surface area contributed by atoms with E-state index in [1.54, 1.807) is 13.8 Å². The number of nitro benzene ring substituents is 1. The first kappa shape index (κ1) is 17.4. The minimum Gasteiger partial charge on any atom is -0.339 e. The van der Waals surface area contributed by atoms with Crippen molar-refractivity contribution in [3.63, 3.8) is 0 Å². The third-order valence-corrected chi connectivity index (χ3v) is 4.45. The summed E-state index contributed by atoms with van der Waals surface area (Å²) in [6.45, 7) is 5.72. The van der Waals surface area contributed by atoms with Gasteiger partial charge in [-0.3, -0.25) is 14.9 Å². The molecule has 0 saturated heterocycles. The largest absolute Gasteiger partial charge is 0.339 e. The van der Waals surface area contributed by atoms with Crippen molar-refractivity contribution >= 4 is 31.3 Å². The Hall–Kier alpha value is -1.67. The molecule has 0 aliphatic carbocycles. The van der Waals surface area contributed by atoms with Crippen LogP contribution in [0.4, 0.5) is 5.69 Å². The van der Waals surface area contributed by atoms with Crippen LogP contribution in [0.1, 0.15) is 29.8 Å². The molecule has 0 bridgehead atoms. The molecule has 1 aromatic carbocycles. The summed E-state index contributed by atoms with van der Waals surface area (Å²) in [6.07, 6.45) is 0. The molecular formula is C12H15ClN2O5S. The molecule has 1 amide bonds. The van der Waals surface area contributed by atoms with Crippen LogP contribution in [0, 0.1) is 17.0 Å². The minimum atomic E-state index is -4.17. The number of amides is 1. The maximum atomic E-state index is 12.3. The molecule has 0 atom stereocenters. The van der Waals surface area contributed by atoms with Gasteiger partial charge in [-0.05, 0) is 26.8 Å². The molecule has 0 aromatic heterocycles. The topological polar surface area (TPSA) is 97.6 Å². The standard InChI is InChI=1S/C12H15ClN2O5S/c1-4-14(5-2)12(16)10-6-9(21(13,19)20)7-11(8(10)3)15(17)18/h6-7H,4-5H2,1-3H3. The summed E-state index contributed by atoms with van der Waals surface area (Å²) < 4.78 is 22.8. The summed E-state index contributed by atoms with van der Waals surface area (Å²) in [4.78, 5) is 23.6. The van der Waals surface area contributed by atoms with Gasteiger partial charge in [-0.15, -0.1) is 0 Å². The highest BCUT2D eigenvalue weighted by Gasteiger charge is 2.26. The Balaban J connectivity index is 3.61. The number of hydrogen-bond donors (Lipinski definition) is 0. The second kappa shape index (κ2) is 6.40. The lowest BCUT2D eigenvalue weighted by molar-refractivity contribution is -0.385. The van der Waals surface area contributed by atoms with Crippen LogP contribution >= 0.6 is 10.7 Å². The molecule has 0 unspecified atom stereocenters. The monoisotopic (exact) mass is 334 g/mol. The SMILES string of the molecule is CCN(CC)C(=O)c1cc(S(=O)(=O)Cl)cc([N+](=O)[O-])c1C. The minimum absolute atomic E-state index is 0.0351. The van der Waals surface area contributed by atoms with Gasteiger partial charge in [0.15, 0.2) is 0 Å². The van der Waals surface area contributed by atoms with Crippen molar-refractivity contribution in [3.8, 4) is 0 Å². The summed E-state index contributed by atoms with van der Waals surface area (Å²) in [6, 6.07) is 1.93. The molecule has 1 rings (SSSR count). The highest BCUT2D eigenvalue weighted by Crippen LogP contribution is 2.28. The lowest BCUT2D eigenvalue weighted by Crippen LogP contribution is -2.31. The number of nitro groups is 1. The highest BCUT2D eigenvalue weighted by atomic mass is 35.7. The van der Waals surface area contributed by atoms with E-state index in [0.717, 1.165) is 12.1 Å². The van der Waals surface area contributed by atoms with Gasteiger partial charge in [0.2, 0.25) is 0 Å². The second-order valence-corrected chi connectivity index (χ2v) is 6.85. The number of benzene rings is 1. The molecule has 1 aromatic rings. The molecule has 0 aliphatic heterocycles. The zero-order valence-electron chi connectivity index (χ0n) is 11.8. The number of hydrogen-bond acceptors (Lipinski definition) is 5. The third kappa shape index (κ3) is 3.70. The van der Waals surface area contributed by atoms with Crippen LogP contribution in [0.3, 0.4) is 0 Å². The number of nitrogens with zero attached hydrogens (tertiary/aromatic N) is 2. The van der Waals surface area contributed by atoms with Crippen LogP contribution in [0.5, 0.6) is 0 Å². The van der Waals surface area contributed by atoms with E-state index in [1.807, 2.05) is 0 Å². The molecule has 0 fully saturated rings. The molecule has 21 heavy (non-hydrogen) atoms. The van der Waals surface area contributed by atoms with Gasteiger partial charge >= 0.3 is 0 Å². The van der Waals surface area contributed by atoms with Crippen molar-refractivity contribution in [2.45, 2.75) is 25.7 Å². The van der Waals surface area contributed by atoms with Gasteiger partial charge in [-0.1, -0.05) is 0 Å². The van der Waals surface area contributed by atoms with E-state index >= 15 is 0 Å². The molecular weight excluding hydrogens is 320 g/mol. The first-order valence-electron chi connectivity index (χ1n) is 6.16. The van der Waals surface area contributed by atoms with Crippen LogP contribution in [0.25, 0.3) is 0 Å². The van der Waals surface area contributed by atoms with E-state index < -0.39 is 30.5 Å². The highest BCUT2D eigenvalue weighted by molar-refractivity contribution is 8.13. The fourth-order valence-corrected chi connectivity index (χ4v) is 2.69. The van der Waals surface area contributed by atoms with Crippen molar-refractivity contribution in [1.29, 1.82) is 0 Å². The molecule has 7 nitrogen and oxygen atoms in total. The number of carbonyl (C=O) groups is 1. The smallest absolute Gasteiger partial charge is 0.274 e. The zero-order chi connectivity index (χ0) is 16.4. The maximum Gasteiger partial charge on any atom is 0.274 e. The molecule has 9 heteroatoms. The van der Waals surface area contributed by atoms with Crippen molar-refractivity contribution in [2.75, 3.05) is 13.1 Å². The van der Waals surface area contributed by atoms with Crippen LogP contribution in [0.15, 0.2) is 17.0 Å². The van der Waals surface area contributed by atoms with Crippen molar-refractivity contribution in [2.24, 2.45) is 0 Å². The van der Waals surface area contributed by atoms with Crippen LogP contribution < -0.4 is 0 Å². The van der Waals surface area contributed by atoms with E-state index in [0.29, 0.717) is 13.1 Å². The fourth-order valence-electron chi connectivity index (χ4n) is 1.91. The summed E-state index contributed by atoms with van der Waals surface area (Å²) in [5.74, 6) is -0.470. The van der Waals surface area contributed by atoms with Crippen LogP contribution in [-0.2, 0) is 9.05 Å². The second-order valence-electron chi connectivity index (χ2n) is 4.29. The van der Waals surface area contributed by atoms with Gasteiger partial charge in [0.05, 0.1) is 15.4 Å². The predicted octanol–water partition coefficient (Wildman–Crippen LogP) is 2.31. The average molecular weight is 335 g/mol. The molecule has 0 saturated carbocycles. The van der Waals surface area contributed by atoms with Crippen LogP contribution in [-0.4, -0.2) is 37.2 Å². The summed E-state index contributed by atoms with van der Waals surface area (Å²) in [5.41, 5.74) is -0.375. The molecule has 116 valence electrons. The fraction of sp³-hybridized carbons (Fsp3) is 0.417. The maximum absolute atomic E-state index is 12.3. The van der Waals surface area contributed by atoms with Gasteiger partial charge in [-0.25, -0.2) is 8.42 Å². The molecule has 0 radical (unpaired) electrons. The number of carbonyl (C=O) groups excluding carboxylic acids is 1. The molecule has 0 aliphatic rings. The first-order chi connectivity index (χ1) is 9.63. The lowest BCUT2D eigenvalue weighted by Gasteiger charge is -2.20. The Morgan fingerprint density at radius 1 is 1.33 bits per heavy atom. The molecule has 0 heterocycles. The summed E-state index contributed by atoms with van der Waals surface area (Å²) >= 11 is 0. The normalized spacial score (nSPS) is 11.2. The van der Waals surface area contributed by atoms with E-state index in [2.05, 4.69) is 0 Å². The van der Waals surface area contributed by atoms with Gasteiger partial charge in [-0.2, -0.15) is 0 Å². The first-order valence-corrected chi connectivity index (χ1v) is 8.47. The van der Waals surface area contributed by atoms with Crippen molar-refractivity contribution in [1.82, 2.24) is 4.90 Å².